The van der Waals surface area contributed by atoms with Crippen molar-refractivity contribution in [1.82, 2.24) is 24.5 Å². The number of rotatable bonds is 5. The maximum atomic E-state index is 4.68. The Balaban J connectivity index is 2.10. The van der Waals surface area contributed by atoms with Crippen LogP contribution in [0.1, 0.15) is 68.6 Å². The van der Waals surface area contributed by atoms with E-state index >= 15 is 0 Å². The molecule has 0 N–H and O–H groups in total. The Hall–Kier alpha value is -2.56. The fraction of sp³-hybridized carbons (Fsp3) is 0.429. The van der Waals surface area contributed by atoms with Crippen molar-refractivity contribution in [3.63, 3.8) is 0 Å². The number of fused-ring (bicyclic) bond motifs is 1. The number of allylic oxidation sites excluding steroid dienone is 1. The molecule has 3 aromatic rings. The lowest BCUT2D eigenvalue weighted by Gasteiger charge is -2.13. The van der Waals surface area contributed by atoms with E-state index in [9.17, 15) is 0 Å². The highest BCUT2D eigenvalue weighted by molar-refractivity contribution is 5.84. The lowest BCUT2D eigenvalue weighted by molar-refractivity contribution is 0.600. The van der Waals surface area contributed by atoms with E-state index in [1.165, 1.54) is 0 Å². The van der Waals surface area contributed by atoms with Gasteiger partial charge in [0.15, 0.2) is 5.65 Å². The number of hydrogen-bond donors (Lipinski definition) is 0. The predicted octanol–water partition coefficient (Wildman–Crippen LogP) is 4.82. The first-order valence-corrected chi connectivity index (χ1v) is 9.30. The van der Waals surface area contributed by atoms with Crippen LogP contribution in [0.2, 0.25) is 0 Å². The smallest absolute Gasteiger partial charge is 0.177 e. The van der Waals surface area contributed by atoms with Crippen molar-refractivity contribution in [2.24, 2.45) is 0 Å². The van der Waals surface area contributed by atoms with Gasteiger partial charge in [-0.15, -0.1) is 0 Å². The molecule has 5 nitrogen and oxygen atoms in total. The average molecular weight is 349 g/mol. The summed E-state index contributed by atoms with van der Waals surface area (Å²) in [4.78, 5) is 18.4. The molecular formula is C21H27N5. The van der Waals surface area contributed by atoms with E-state index in [1.54, 1.807) is 0 Å². The summed E-state index contributed by atoms with van der Waals surface area (Å²) in [5.74, 6) is 1.90. The van der Waals surface area contributed by atoms with Crippen molar-refractivity contribution in [3.8, 4) is 0 Å². The first kappa shape index (κ1) is 18.2. The molecule has 0 aliphatic rings. The van der Waals surface area contributed by atoms with E-state index in [2.05, 4.69) is 57.4 Å². The molecule has 0 fully saturated rings. The Morgan fingerprint density at radius 2 is 1.92 bits per heavy atom. The van der Waals surface area contributed by atoms with Crippen LogP contribution in [0.25, 0.3) is 16.7 Å². The number of pyridine rings is 1. The lowest BCUT2D eigenvalue weighted by atomic mass is 9.99. The van der Waals surface area contributed by atoms with Gasteiger partial charge in [0.1, 0.15) is 11.6 Å². The van der Waals surface area contributed by atoms with E-state index in [0.717, 1.165) is 58.0 Å². The number of aryl methyl sites for hydroxylation is 3. The van der Waals surface area contributed by atoms with Crippen molar-refractivity contribution in [2.75, 3.05) is 0 Å². The second-order valence-corrected chi connectivity index (χ2v) is 6.93. The zero-order valence-electron chi connectivity index (χ0n) is 16.5. The van der Waals surface area contributed by atoms with Crippen molar-refractivity contribution in [3.05, 3.63) is 53.0 Å². The van der Waals surface area contributed by atoms with Crippen molar-refractivity contribution < 1.29 is 0 Å². The molecule has 136 valence electrons. The van der Waals surface area contributed by atoms with Gasteiger partial charge in [-0.2, -0.15) is 0 Å². The van der Waals surface area contributed by atoms with Crippen LogP contribution in [0.5, 0.6) is 0 Å². The van der Waals surface area contributed by atoms with Gasteiger partial charge in [-0.25, -0.2) is 19.9 Å². The van der Waals surface area contributed by atoms with Crippen LogP contribution in [-0.2, 0) is 6.42 Å². The van der Waals surface area contributed by atoms with Gasteiger partial charge in [0, 0.05) is 41.7 Å². The SMILES string of the molecule is C/C=C(/c1cnc2nc(C)n(C(C)C)c2c1)c1cnc(CCC)nc1C. The van der Waals surface area contributed by atoms with Crippen LogP contribution in [0.3, 0.4) is 0 Å². The summed E-state index contributed by atoms with van der Waals surface area (Å²) in [5, 5.41) is 0. The minimum Gasteiger partial charge on any atom is -0.324 e. The summed E-state index contributed by atoms with van der Waals surface area (Å²) >= 11 is 0. The molecule has 0 radical (unpaired) electrons. The number of aromatic nitrogens is 5. The molecule has 0 atom stereocenters. The first-order chi connectivity index (χ1) is 12.5. The highest BCUT2D eigenvalue weighted by Gasteiger charge is 2.15. The maximum Gasteiger partial charge on any atom is 0.177 e. The summed E-state index contributed by atoms with van der Waals surface area (Å²) in [5.41, 5.74) is 6.09. The van der Waals surface area contributed by atoms with Crippen LogP contribution in [0.4, 0.5) is 0 Å². The third-order valence-corrected chi connectivity index (χ3v) is 4.63. The number of nitrogens with zero attached hydrogens (tertiary/aromatic N) is 5. The highest BCUT2D eigenvalue weighted by Crippen LogP contribution is 2.28. The van der Waals surface area contributed by atoms with Crippen LogP contribution in [0.15, 0.2) is 24.5 Å². The molecule has 0 saturated heterocycles. The highest BCUT2D eigenvalue weighted by atomic mass is 15.1. The third kappa shape index (κ3) is 3.26. The molecule has 0 unspecified atom stereocenters. The molecule has 3 aromatic heterocycles. The van der Waals surface area contributed by atoms with Gasteiger partial charge in [0.2, 0.25) is 0 Å². The molecule has 0 amide bonds. The molecule has 26 heavy (non-hydrogen) atoms. The quantitative estimate of drug-likeness (QED) is 0.662. The van der Waals surface area contributed by atoms with Crippen LogP contribution < -0.4 is 0 Å². The lowest BCUT2D eigenvalue weighted by Crippen LogP contribution is -2.04. The largest absolute Gasteiger partial charge is 0.324 e. The summed E-state index contributed by atoms with van der Waals surface area (Å²) in [7, 11) is 0. The van der Waals surface area contributed by atoms with E-state index in [-0.39, 0.29) is 0 Å². The molecule has 3 rings (SSSR count). The van der Waals surface area contributed by atoms with Crippen LogP contribution in [-0.4, -0.2) is 24.5 Å². The molecule has 0 saturated carbocycles. The van der Waals surface area contributed by atoms with Gasteiger partial charge in [0.25, 0.3) is 0 Å². The first-order valence-electron chi connectivity index (χ1n) is 9.30. The Morgan fingerprint density at radius 1 is 1.15 bits per heavy atom. The van der Waals surface area contributed by atoms with Gasteiger partial charge < -0.3 is 4.57 Å². The van der Waals surface area contributed by atoms with Gasteiger partial charge in [-0.05, 0) is 52.7 Å². The zero-order valence-corrected chi connectivity index (χ0v) is 16.5. The molecule has 0 aliphatic heterocycles. The predicted molar refractivity (Wildman–Crippen MR) is 106 cm³/mol. The fourth-order valence-corrected chi connectivity index (χ4v) is 3.49. The molecule has 3 heterocycles. The molecule has 0 aromatic carbocycles. The monoisotopic (exact) mass is 349 g/mol. The van der Waals surface area contributed by atoms with Gasteiger partial charge in [0.05, 0.1) is 5.52 Å². The summed E-state index contributed by atoms with van der Waals surface area (Å²) < 4.78 is 2.23. The van der Waals surface area contributed by atoms with E-state index < -0.39 is 0 Å². The molecule has 5 heteroatoms. The fourth-order valence-electron chi connectivity index (χ4n) is 3.49. The van der Waals surface area contributed by atoms with Gasteiger partial charge in [-0.3, -0.25) is 0 Å². The van der Waals surface area contributed by atoms with E-state index in [0.29, 0.717) is 6.04 Å². The van der Waals surface area contributed by atoms with Gasteiger partial charge >= 0.3 is 0 Å². The zero-order chi connectivity index (χ0) is 18.8. The van der Waals surface area contributed by atoms with Crippen LogP contribution in [0, 0.1) is 13.8 Å². The second-order valence-electron chi connectivity index (χ2n) is 6.93. The van der Waals surface area contributed by atoms with E-state index in [1.807, 2.05) is 33.2 Å². The average Bonchev–Trinajstić information content (AvgIpc) is 2.93. The minimum absolute atomic E-state index is 0.338. The topological polar surface area (TPSA) is 56.5 Å². The molecule has 0 bridgehead atoms. The number of hydrogen-bond acceptors (Lipinski definition) is 4. The second kappa shape index (κ2) is 7.36. The molecule has 0 spiro atoms. The molecular weight excluding hydrogens is 322 g/mol. The Labute approximate surface area is 155 Å². The summed E-state index contributed by atoms with van der Waals surface area (Å²) in [6.07, 6.45) is 7.91. The third-order valence-electron chi connectivity index (χ3n) is 4.63. The normalized spacial score (nSPS) is 12.3. The van der Waals surface area contributed by atoms with Gasteiger partial charge in [-0.1, -0.05) is 13.0 Å². The molecule has 0 aliphatic carbocycles. The standard InChI is InChI=1S/C21H27N5/c1-7-9-20-22-12-18(14(5)24-20)17(8-2)16-10-19-21(23-11-16)25-15(6)26(19)13(3)4/h8,10-13H,7,9H2,1-6H3/b17-8-. The van der Waals surface area contributed by atoms with Crippen LogP contribution >= 0.6 is 0 Å². The Bertz CT molecular complexity index is 966. The number of imidazole rings is 1. The summed E-state index contributed by atoms with van der Waals surface area (Å²) in [6, 6.07) is 2.52. The Morgan fingerprint density at radius 3 is 2.54 bits per heavy atom. The Kier molecular flexibility index (Phi) is 5.16. The van der Waals surface area contributed by atoms with Crippen molar-refractivity contribution in [1.29, 1.82) is 0 Å². The van der Waals surface area contributed by atoms with Crippen molar-refractivity contribution >= 4 is 16.7 Å². The maximum absolute atomic E-state index is 4.68. The van der Waals surface area contributed by atoms with Crippen molar-refractivity contribution in [2.45, 2.75) is 60.4 Å². The van der Waals surface area contributed by atoms with E-state index in [4.69, 9.17) is 0 Å². The minimum atomic E-state index is 0.338. The summed E-state index contributed by atoms with van der Waals surface area (Å²) in [6.45, 7) is 12.6.